The van der Waals surface area contributed by atoms with Gasteiger partial charge in [-0.15, -0.1) is 0 Å². The Morgan fingerprint density at radius 1 is 1.12 bits per heavy atom. The number of anilines is 2. The number of rotatable bonds is 3. The molecule has 1 aliphatic heterocycles. The minimum Gasteiger partial charge on any atom is -0.347 e. The van der Waals surface area contributed by atoms with Crippen molar-refractivity contribution in [2.75, 3.05) is 17.3 Å². The number of fused-ring (bicyclic) bond motifs is 1. The van der Waals surface area contributed by atoms with Gasteiger partial charge in [-0.1, -0.05) is 50.2 Å². The van der Waals surface area contributed by atoms with Crippen molar-refractivity contribution in [3.05, 3.63) is 71.4 Å². The van der Waals surface area contributed by atoms with Crippen LogP contribution in [-0.2, 0) is 5.41 Å². The average Bonchev–Trinajstić information content (AvgIpc) is 2.81. The highest BCUT2D eigenvalue weighted by Gasteiger charge is 2.37. The molecule has 0 radical (unpaired) electrons. The van der Waals surface area contributed by atoms with E-state index in [1.54, 1.807) is 6.21 Å². The van der Waals surface area contributed by atoms with Crippen molar-refractivity contribution in [1.82, 2.24) is 5.43 Å². The molecule has 0 spiro atoms. The van der Waals surface area contributed by atoms with Gasteiger partial charge in [-0.05, 0) is 48.5 Å². The maximum absolute atomic E-state index is 5.30. The molecule has 134 valence electrons. The highest BCUT2D eigenvalue weighted by Crippen LogP contribution is 2.46. The molecule has 0 saturated heterocycles. The summed E-state index contributed by atoms with van der Waals surface area (Å²) >= 11 is 5.30. The van der Waals surface area contributed by atoms with Crippen LogP contribution in [0.3, 0.4) is 0 Å². The van der Waals surface area contributed by atoms with E-state index in [0.717, 1.165) is 11.3 Å². The Morgan fingerprint density at radius 3 is 2.54 bits per heavy atom. The predicted octanol–water partition coefficient (Wildman–Crippen LogP) is 4.58. The van der Waals surface area contributed by atoms with E-state index < -0.39 is 0 Å². The summed E-state index contributed by atoms with van der Waals surface area (Å²) in [5.74, 6) is 0. The number of thiocarbonyl (C=S) groups is 1. The third kappa shape index (κ3) is 3.48. The van der Waals surface area contributed by atoms with Gasteiger partial charge in [-0.3, -0.25) is 5.43 Å². The van der Waals surface area contributed by atoms with Crippen molar-refractivity contribution in [1.29, 1.82) is 0 Å². The van der Waals surface area contributed by atoms with Crippen LogP contribution in [0, 0.1) is 6.92 Å². The minimum absolute atomic E-state index is 0.0583. The van der Waals surface area contributed by atoms with Gasteiger partial charge >= 0.3 is 0 Å². The molecular formula is C21H24N4S. The summed E-state index contributed by atoms with van der Waals surface area (Å²) < 4.78 is 0. The standard InChI is InChI=1S/C21H24N4S/c1-15-9-5-7-11-17(15)23-20(26)24-22-14-13-19-21(2,3)16-10-6-8-12-18(16)25(19)4/h5-14H,1-4H3,(H2,23,24,26)/b19-13-,22-14-. The van der Waals surface area contributed by atoms with E-state index in [4.69, 9.17) is 12.2 Å². The third-order valence-electron chi connectivity index (χ3n) is 4.81. The van der Waals surface area contributed by atoms with Crippen LogP contribution in [0.15, 0.2) is 65.4 Å². The zero-order valence-electron chi connectivity index (χ0n) is 15.6. The Morgan fingerprint density at radius 2 is 1.81 bits per heavy atom. The number of para-hydroxylation sites is 2. The fourth-order valence-corrected chi connectivity index (χ4v) is 3.53. The summed E-state index contributed by atoms with van der Waals surface area (Å²) in [4.78, 5) is 2.21. The lowest BCUT2D eigenvalue weighted by molar-refractivity contribution is 0.641. The normalized spacial score (nSPS) is 16.8. The van der Waals surface area contributed by atoms with Crippen LogP contribution in [0.25, 0.3) is 0 Å². The average molecular weight is 365 g/mol. The van der Waals surface area contributed by atoms with Gasteiger partial charge in [0, 0.05) is 35.7 Å². The van der Waals surface area contributed by atoms with Crippen LogP contribution >= 0.6 is 12.2 Å². The molecule has 3 rings (SSSR count). The summed E-state index contributed by atoms with van der Waals surface area (Å²) in [6.07, 6.45) is 3.79. The highest BCUT2D eigenvalue weighted by molar-refractivity contribution is 7.80. The van der Waals surface area contributed by atoms with Gasteiger partial charge < -0.3 is 10.2 Å². The third-order valence-corrected chi connectivity index (χ3v) is 5.00. The zero-order chi connectivity index (χ0) is 18.7. The maximum atomic E-state index is 5.30. The van der Waals surface area contributed by atoms with E-state index in [1.165, 1.54) is 16.9 Å². The van der Waals surface area contributed by atoms with E-state index in [0.29, 0.717) is 5.11 Å². The maximum Gasteiger partial charge on any atom is 0.191 e. The van der Waals surface area contributed by atoms with Gasteiger partial charge in [0.05, 0.1) is 0 Å². The smallest absolute Gasteiger partial charge is 0.191 e. The van der Waals surface area contributed by atoms with Gasteiger partial charge in [-0.25, -0.2) is 0 Å². The molecule has 0 atom stereocenters. The number of aryl methyl sites for hydroxylation is 1. The number of hydrazone groups is 1. The lowest BCUT2D eigenvalue weighted by atomic mass is 9.84. The Balaban J connectivity index is 1.67. The lowest BCUT2D eigenvalue weighted by Gasteiger charge is -2.23. The predicted molar refractivity (Wildman–Crippen MR) is 115 cm³/mol. The Hall–Kier alpha value is -2.66. The largest absolute Gasteiger partial charge is 0.347 e. The van der Waals surface area contributed by atoms with Crippen LogP contribution in [0.1, 0.15) is 25.0 Å². The molecule has 0 aliphatic carbocycles. The van der Waals surface area contributed by atoms with E-state index in [2.05, 4.69) is 65.9 Å². The number of nitrogens with zero attached hydrogens (tertiary/aromatic N) is 2. The van der Waals surface area contributed by atoms with Crippen molar-refractivity contribution in [3.63, 3.8) is 0 Å². The van der Waals surface area contributed by atoms with Gasteiger partial charge in [0.15, 0.2) is 5.11 Å². The summed E-state index contributed by atoms with van der Waals surface area (Å²) in [6.45, 7) is 6.49. The first kappa shape index (κ1) is 18.1. The van der Waals surface area contributed by atoms with Crippen molar-refractivity contribution >= 4 is 34.9 Å². The van der Waals surface area contributed by atoms with Crippen LogP contribution in [0.2, 0.25) is 0 Å². The molecule has 0 fully saturated rings. The first-order valence-corrected chi connectivity index (χ1v) is 9.02. The van der Waals surface area contributed by atoms with E-state index in [-0.39, 0.29) is 5.41 Å². The fourth-order valence-electron chi connectivity index (χ4n) is 3.37. The molecule has 0 saturated carbocycles. The first-order valence-electron chi connectivity index (χ1n) is 8.61. The molecule has 0 unspecified atom stereocenters. The van der Waals surface area contributed by atoms with Gasteiger partial charge in [-0.2, -0.15) is 5.10 Å². The van der Waals surface area contributed by atoms with Crippen LogP contribution < -0.4 is 15.6 Å². The second-order valence-electron chi connectivity index (χ2n) is 6.91. The zero-order valence-corrected chi connectivity index (χ0v) is 16.4. The second-order valence-corrected chi connectivity index (χ2v) is 7.32. The van der Waals surface area contributed by atoms with Crippen molar-refractivity contribution in [2.24, 2.45) is 5.10 Å². The molecule has 2 aromatic carbocycles. The molecule has 2 aromatic rings. The fraction of sp³-hybridized carbons (Fsp3) is 0.238. The Bertz CT molecular complexity index is 883. The van der Waals surface area contributed by atoms with Crippen LogP contribution in [-0.4, -0.2) is 18.4 Å². The summed E-state index contributed by atoms with van der Waals surface area (Å²) in [7, 11) is 2.09. The molecule has 0 amide bonds. The highest BCUT2D eigenvalue weighted by atomic mass is 32.1. The van der Waals surface area contributed by atoms with Gasteiger partial charge in [0.1, 0.15) is 0 Å². The number of nitrogens with one attached hydrogen (secondary N) is 2. The quantitative estimate of drug-likeness (QED) is 0.475. The number of hydrogen-bond donors (Lipinski definition) is 2. The molecular weight excluding hydrogens is 340 g/mol. The Kier molecular flexibility index (Phi) is 5.09. The van der Waals surface area contributed by atoms with Crippen LogP contribution in [0.5, 0.6) is 0 Å². The molecule has 4 nitrogen and oxygen atoms in total. The summed E-state index contributed by atoms with van der Waals surface area (Å²) in [5.41, 5.74) is 8.69. The summed E-state index contributed by atoms with van der Waals surface area (Å²) in [6, 6.07) is 16.5. The van der Waals surface area contributed by atoms with E-state index >= 15 is 0 Å². The van der Waals surface area contributed by atoms with E-state index in [9.17, 15) is 0 Å². The first-order chi connectivity index (χ1) is 12.4. The SMILES string of the molecule is Cc1ccccc1NC(=S)N/N=C\C=C1/N(C)c2ccccc2C1(C)C. The van der Waals surface area contributed by atoms with Gasteiger partial charge in [0.25, 0.3) is 0 Å². The van der Waals surface area contributed by atoms with Crippen molar-refractivity contribution in [2.45, 2.75) is 26.2 Å². The number of likely N-dealkylation sites (N-methyl/N-ethyl adjacent to an activating group) is 1. The molecule has 5 heteroatoms. The molecule has 1 heterocycles. The molecule has 0 bridgehead atoms. The molecule has 26 heavy (non-hydrogen) atoms. The Labute approximate surface area is 160 Å². The van der Waals surface area contributed by atoms with Crippen molar-refractivity contribution < 1.29 is 0 Å². The summed E-state index contributed by atoms with van der Waals surface area (Å²) in [5, 5.41) is 7.86. The monoisotopic (exact) mass is 364 g/mol. The molecule has 1 aliphatic rings. The topological polar surface area (TPSA) is 39.7 Å². The number of hydrogen-bond acceptors (Lipinski definition) is 3. The molecule has 0 aromatic heterocycles. The lowest BCUT2D eigenvalue weighted by Crippen LogP contribution is -2.25. The van der Waals surface area contributed by atoms with Crippen molar-refractivity contribution in [3.8, 4) is 0 Å². The van der Waals surface area contributed by atoms with Crippen LogP contribution in [0.4, 0.5) is 11.4 Å². The minimum atomic E-state index is -0.0583. The molecule has 2 N–H and O–H groups in total. The number of benzene rings is 2. The van der Waals surface area contributed by atoms with Gasteiger partial charge in [0.2, 0.25) is 0 Å². The number of allylic oxidation sites excluding steroid dienone is 2. The second kappa shape index (κ2) is 7.30. The van der Waals surface area contributed by atoms with E-state index in [1.807, 2.05) is 37.3 Å².